The predicted molar refractivity (Wildman–Crippen MR) is 101 cm³/mol. The molecular weight excluding hydrogens is 369 g/mol. The maximum atomic E-state index is 13.4. The van der Waals surface area contributed by atoms with Gasteiger partial charge in [-0.2, -0.15) is 18.2 Å². The van der Waals surface area contributed by atoms with Gasteiger partial charge in [-0.25, -0.2) is 9.97 Å². The fraction of sp³-hybridized carbons (Fsp3) is 0.105. The Bertz CT molecular complexity index is 1140. The van der Waals surface area contributed by atoms with Crippen molar-refractivity contribution in [2.45, 2.75) is 13.1 Å². The summed E-state index contributed by atoms with van der Waals surface area (Å²) in [6.45, 7) is 1.91. The van der Waals surface area contributed by atoms with Crippen molar-refractivity contribution >= 4 is 34.2 Å². The lowest BCUT2D eigenvalue weighted by atomic mass is 10.2. The number of H-pyrrole nitrogens is 1. The minimum atomic E-state index is -4.59. The molecule has 0 saturated carbocycles. The van der Waals surface area contributed by atoms with Gasteiger partial charge >= 0.3 is 6.18 Å². The van der Waals surface area contributed by atoms with Crippen LogP contribution in [0.3, 0.4) is 0 Å². The average Bonchev–Trinajstić information content (AvgIpc) is 3.09. The van der Waals surface area contributed by atoms with Crippen LogP contribution in [0.1, 0.15) is 11.1 Å². The number of hydrogen-bond donors (Lipinski definition) is 3. The molecule has 0 aliphatic heterocycles. The second-order valence-electron chi connectivity index (χ2n) is 6.21. The summed E-state index contributed by atoms with van der Waals surface area (Å²) in [4.78, 5) is 14.9. The van der Waals surface area contributed by atoms with E-state index in [0.717, 1.165) is 11.8 Å². The zero-order valence-corrected chi connectivity index (χ0v) is 14.7. The molecule has 0 saturated heterocycles. The number of rotatable bonds is 4. The van der Waals surface area contributed by atoms with Gasteiger partial charge in [0.05, 0.1) is 17.4 Å². The minimum Gasteiger partial charge on any atom is -0.345 e. The lowest BCUT2D eigenvalue weighted by Crippen LogP contribution is -2.12. The lowest BCUT2D eigenvalue weighted by molar-refractivity contribution is -0.137. The number of halogens is 3. The standard InChI is InChI=1S/C19H15F3N6/c1-11-3-2-4-12(7-11)27-18-23-9-14(19(20,21)22)17(28-18)26-13-5-6-15-16(8-13)25-10-24-15/h2-10H,1H3,(H,24,25)(H2,23,26,27,28). The molecule has 0 unspecified atom stereocenters. The Kier molecular flexibility index (Phi) is 4.34. The van der Waals surface area contributed by atoms with Crippen molar-refractivity contribution in [3.8, 4) is 0 Å². The van der Waals surface area contributed by atoms with Crippen LogP contribution in [0, 0.1) is 6.92 Å². The van der Waals surface area contributed by atoms with Gasteiger partial charge in [-0.05, 0) is 42.8 Å². The van der Waals surface area contributed by atoms with Crippen LogP contribution in [0.4, 0.5) is 36.3 Å². The Morgan fingerprint density at radius 1 is 0.964 bits per heavy atom. The highest BCUT2D eigenvalue weighted by atomic mass is 19.4. The van der Waals surface area contributed by atoms with Gasteiger partial charge in [0.25, 0.3) is 0 Å². The molecular formula is C19H15F3N6. The summed E-state index contributed by atoms with van der Waals surface area (Å²) >= 11 is 0. The van der Waals surface area contributed by atoms with Gasteiger partial charge in [0.15, 0.2) is 0 Å². The van der Waals surface area contributed by atoms with Crippen LogP contribution in [-0.4, -0.2) is 19.9 Å². The molecule has 0 fully saturated rings. The van der Waals surface area contributed by atoms with E-state index in [9.17, 15) is 13.2 Å². The Labute approximate surface area is 157 Å². The molecule has 3 N–H and O–H groups in total. The zero-order valence-electron chi connectivity index (χ0n) is 14.7. The predicted octanol–water partition coefficient (Wildman–Crippen LogP) is 5.17. The van der Waals surface area contributed by atoms with E-state index in [1.54, 1.807) is 24.3 Å². The molecule has 0 bridgehead atoms. The van der Waals surface area contributed by atoms with Crippen LogP contribution in [0.15, 0.2) is 55.0 Å². The molecule has 0 spiro atoms. The second kappa shape index (κ2) is 6.84. The van der Waals surface area contributed by atoms with Crippen LogP contribution in [0.2, 0.25) is 0 Å². The van der Waals surface area contributed by atoms with Crippen molar-refractivity contribution in [1.82, 2.24) is 19.9 Å². The molecule has 4 rings (SSSR count). The fourth-order valence-corrected chi connectivity index (χ4v) is 2.75. The smallest absolute Gasteiger partial charge is 0.345 e. The van der Waals surface area contributed by atoms with E-state index >= 15 is 0 Å². The first-order valence-electron chi connectivity index (χ1n) is 8.36. The summed E-state index contributed by atoms with van der Waals surface area (Å²) in [6.07, 6.45) is -2.31. The number of hydrogen-bond acceptors (Lipinski definition) is 5. The Hall–Kier alpha value is -3.62. The number of imidazole rings is 1. The molecule has 2 heterocycles. The first-order valence-corrected chi connectivity index (χ1v) is 8.36. The van der Waals surface area contributed by atoms with Gasteiger partial charge in [0.2, 0.25) is 5.95 Å². The van der Waals surface area contributed by atoms with E-state index in [1.165, 1.54) is 6.33 Å². The number of alkyl halides is 3. The third kappa shape index (κ3) is 3.73. The number of nitrogens with one attached hydrogen (secondary N) is 3. The van der Waals surface area contributed by atoms with E-state index in [4.69, 9.17) is 0 Å². The Balaban J connectivity index is 1.69. The fourth-order valence-electron chi connectivity index (χ4n) is 2.75. The number of aromatic amines is 1. The molecule has 2 aromatic carbocycles. The topological polar surface area (TPSA) is 78.5 Å². The van der Waals surface area contributed by atoms with Gasteiger partial charge in [-0.1, -0.05) is 12.1 Å². The van der Waals surface area contributed by atoms with Crippen molar-refractivity contribution in [3.63, 3.8) is 0 Å². The maximum Gasteiger partial charge on any atom is 0.421 e. The van der Waals surface area contributed by atoms with Crippen LogP contribution < -0.4 is 10.6 Å². The van der Waals surface area contributed by atoms with Crippen molar-refractivity contribution in [2.24, 2.45) is 0 Å². The lowest BCUT2D eigenvalue weighted by Gasteiger charge is -2.15. The summed E-state index contributed by atoms with van der Waals surface area (Å²) < 4.78 is 40.2. The van der Waals surface area contributed by atoms with Gasteiger partial charge in [0.1, 0.15) is 11.4 Å². The molecule has 9 heteroatoms. The Morgan fingerprint density at radius 2 is 1.79 bits per heavy atom. The molecule has 2 aromatic heterocycles. The summed E-state index contributed by atoms with van der Waals surface area (Å²) in [7, 11) is 0. The van der Waals surface area contributed by atoms with Crippen molar-refractivity contribution in [2.75, 3.05) is 10.6 Å². The van der Waals surface area contributed by atoms with Gasteiger partial charge in [0, 0.05) is 17.6 Å². The molecule has 0 radical (unpaired) electrons. The third-order valence-electron chi connectivity index (χ3n) is 4.05. The molecule has 0 amide bonds. The van der Waals surface area contributed by atoms with E-state index in [0.29, 0.717) is 22.4 Å². The monoisotopic (exact) mass is 384 g/mol. The molecule has 142 valence electrons. The molecule has 6 nitrogen and oxygen atoms in total. The number of aromatic nitrogens is 4. The SMILES string of the molecule is Cc1cccc(Nc2ncc(C(F)(F)F)c(Nc3ccc4nc[nH]c4c3)n2)c1. The van der Waals surface area contributed by atoms with E-state index < -0.39 is 11.7 Å². The normalized spacial score (nSPS) is 11.6. The van der Waals surface area contributed by atoms with E-state index in [2.05, 4.69) is 30.6 Å². The van der Waals surface area contributed by atoms with Crippen LogP contribution in [0.25, 0.3) is 11.0 Å². The average molecular weight is 384 g/mol. The maximum absolute atomic E-state index is 13.4. The van der Waals surface area contributed by atoms with E-state index in [1.807, 2.05) is 25.1 Å². The molecule has 28 heavy (non-hydrogen) atoms. The first kappa shape index (κ1) is 17.8. The summed E-state index contributed by atoms with van der Waals surface area (Å²) in [5.41, 5.74) is 2.60. The van der Waals surface area contributed by atoms with Gasteiger partial charge < -0.3 is 15.6 Å². The number of fused-ring (bicyclic) bond motifs is 1. The highest BCUT2D eigenvalue weighted by molar-refractivity contribution is 5.80. The highest BCUT2D eigenvalue weighted by Crippen LogP contribution is 2.35. The van der Waals surface area contributed by atoms with E-state index in [-0.39, 0.29) is 11.8 Å². The highest BCUT2D eigenvalue weighted by Gasteiger charge is 2.35. The summed E-state index contributed by atoms with van der Waals surface area (Å²) in [6, 6.07) is 12.4. The summed E-state index contributed by atoms with van der Waals surface area (Å²) in [5.74, 6) is -0.278. The first-order chi connectivity index (χ1) is 13.4. The second-order valence-corrected chi connectivity index (χ2v) is 6.21. The number of benzene rings is 2. The van der Waals surface area contributed by atoms with Crippen molar-refractivity contribution in [3.05, 3.63) is 66.1 Å². The molecule has 4 aromatic rings. The quantitative estimate of drug-likeness (QED) is 0.453. The van der Waals surface area contributed by atoms with Crippen molar-refractivity contribution < 1.29 is 13.2 Å². The van der Waals surface area contributed by atoms with Gasteiger partial charge in [-0.3, -0.25) is 0 Å². The molecule has 0 aliphatic rings. The summed E-state index contributed by atoms with van der Waals surface area (Å²) in [5, 5.41) is 5.67. The van der Waals surface area contributed by atoms with Crippen molar-refractivity contribution in [1.29, 1.82) is 0 Å². The number of aryl methyl sites for hydroxylation is 1. The number of anilines is 4. The van der Waals surface area contributed by atoms with Crippen LogP contribution >= 0.6 is 0 Å². The third-order valence-corrected chi connectivity index (χ3v) is 4.05. The Morgan fingerprint density at radius 3 is 2.57 bits per heavy atom. The molecule has 0 atom stereocenters. The van der Waals surface area contributed by atoms with Crippen LogP contribution in [0.5, 0.6) is 0 Å². The largest absolute Gasteiger partial charge is 0.421 e. The molecule has 0 aliphatic carbocycles. The van der Waals surface area contributed by atoms with Crippen LogP contribution in [-0.2, 0) is 6.18 Å². The number of nitrogens with zero attached hydrogens (tertiary/aromatic N) is 3. The van der Waals surface area contributed by atoms with Gasteiger partial charge in [-0.15, -0.1) is 0 Å². The zero-order chi connectivity index (χ0) is 19.7. The minimum absolute atomic E-state index is 0.0590.